The molecule has 1 aromatic carbocycles. The fraction of sp³-hybridized carbons (Fsp3) is 0.0833. The number of H-pyrrole nitrogens is 1. The average Bonchev–Trinajstić information content (AvgIpc) is 3.10. The number of hydrogen-bond donors (Lipinski definition) is 2. The third-order valence-electron chi connectivity index (χ3n) is 2.57. The Morgan fingerprint density at radius 1 is 1.30 bits per heavy atom. The summed E-state index contributed by atoms with van der Waals surface area (Å²) in [5.74, 6) is 0.999. The Morgan fingerprint density at radius 2 is 2.10 bits per heavy atom. The van der Waals surface area contributed by atoms with Crippen LogP contribution >= 0.6 is 0 Å². The molecule has 2 heterocycles. The maximum absolute atomic E-state index is 11.9. The van der Waals surface area contributed by atoms with E-state index >= 15 is 0 Å². The lowest BCUT2D eigenvalue weighted by molar-refractivity contribution is 0.102. The van der Waals surface area contributed by atoms with E-state index in [4.69, 9.17) is 4.52 Å². The molecule has 3 rings (SSSR count). The zero-order valence-electron chi connectivity index (χ0n) is 10.5. The number of rotatable bonds is 3. The van der Waals surface area contributed by atoms with E-state index in [9.17, 15) is 4.79 Å². The topological polar surface area (TPSA) is 110 Å². The maximum atomic E-state index is 11.9. The summed E-state index contributed by atoms with van der Waals surface area (Å²) >= 11 is 0. The van der Waals surface area contributed by atoms with Gasteiger partial charge in [0.2, 0.25) is 5.95 Å². The van der Waals surface area contributed by atoms with Crippen molar-refractivity contribution in [3.63, 3.8) is 0 Å². The summed E-state index contributed by atoms with van der Waals surface area (Å²) in [6, 6.07) is 6.81. The quantitative estimate of drug-likeness (QED) is 0.744. The first-order valence-corrected chi connectivity index (χ1v) is 5.80. The molecular weight excluding hydrogens is 260 g/mol. The molecule has 0 saturated heterocycles. The Bertz CT molecular complexity index is 717. The molecule has 0 spiro atoms. The van der Waals surface area contributed by atoms with Crippen LogP contribution in [0.4, 0.5) is 5.95 Å². The highest BCUT2D eigenvalue weighted by Gasteiger charge is 2.10. The molecule has 0 aliphatic rings. The molecule has 20 heavy (non-hydrogen) atoms. The van der Waals surface area contributed by atoms with E-state index in [0.29, 0.717) is 23.2 Å². The van der Waals surface area contributed by atoms with E-state index in [1.807, 2.05) is 0 Å². The first-order valence-electron chi connectivity index (χ1n) is 5.80. The molecule has 0 aliphatic carbocycles. The third-order valence-corrected chi connectivity index (χ3v) is 2.57. The van der Waals surface area contributed by atoms with Gasteiger partial charge in [-0.05, 0) is 31.2 Å². The lowest BCUT2D eigenvalue weighted by Gasteiger charge is -2.01. The number of nitrogens with one attached hydrogen (secondary N) is 2. The van der Waals surface area contributed by atoms with Crippen LogP contribution in [0.5, 0.6) is 0 Å². The van der Waals surface area contributed by atoms with Crippen LogP contribution in [-0.4, -0.2) is 31.2 Å². The van der Waals surface area contributed by atoms with Crippen molar-refractivity contribution < 1.29 is 9.32 Å². The summed E-state index contributed by atoms with van der Waals surface area (Å²) < 4.78 is 5.05. The number of carbonyl (C=O) groups excluding carboxylic acids is 1. The highest BCUT2D eigenvalue weighted by Crippen LogP contribution is 2.17. The maximum Gasteiger partial charge on any atom is 0.258 e. The molecule has 1 amide bonds. The summed E-state index contributed by atoms with van der Waals surface area (Å²) in [4.78, 5) is 19.8. The van der Waals surface area contributed by atoms with Gasteiger partial charge in [0, 0.05) is 11.1 Å². The minimum atomic E-state index is -0.282. The van der Waals surface area contributed by atoms with Gasteiger partial charge < -0.3 is 4.52 Å². The van der Waals surface area contributed by atoms with Crippen LogP contribution in [0.1, 0.15) is 16.2 Å². The van der Waals surface area contributed by atoms with E-state index < -0.39 is 0 Å². The van der Waals surface area contributed by atoms with Gasteiger partial charge >= 0.3 is 0 Å². The molecule has 0 aliphatic heterocycles. The summed E-state index contributed by atoms with van der Waals surface area (Å²) in [5.41, 5.74) is 1.24. The zero-order chi connectivity index (χ0) is 13.9. The van der Waals surface area contributed by atoms with Crippen LogP contribution in [-0.2, 0) is 0 Å². The van der Waals surface area contributed by atoms with Crippen LogP contribution in [0.15, 0.2) is 35.1 Å². The van der Waals surface area contributed by atoms with Crippen molar-refractivity contribution in [1.82, 2.24) is 25.3 Å². The molecule has 2 N–H and O–H groups in total. The highest BCUT2D eigenvalue weighted by molar-refractivity contribution is 6.03. The average molecular weight is 270 g/mol. The van der Waals surface area contributed by atoms with Crippen LogP contribution < -0.4 is 5.32 Å². The lowest BCUT2D eigenvalue weighted by Crippen LogP contribution is -2.12. The van der Waals surface area contributed by atoms with Gasteiger partial charge in [0.05, 0.1) is 0 Å². The number of aryl methyl sites for hydroxylation is 1. The van der Waals surface area contributed by atoms with E-state index in [1.165, 1.54) is 6.33 Å². The number of amides is 1. The Balaban J connectivity index is 1.77. The van der Waals surface area contributed by atoms with Gasteiger partial charge in [-0.1, -0.05) is 5.16 Å². The minimum Gasteiger partial charge on any atom is -0.334 e. The van der Waals surface area contributed by atoms with Crippen molar-refractivity contribution in [2.45, 2.75) is 6.92 Å². The van der Waals surface area contributed by atoms with Gasteiger partial charge in [-0.2, -0.15) is 15.1 Å². The zero-order valence-corrected chi connectivity index (χ0v) is 10.5. The molecule has 0 unspecified atom stereocenters. The monoisotopic (exact) mass is 270 g/mol. The Labute approximate surface area is 113 Å². The molecule has 8 heteroatoms. The van der Waals surface area contributed by atoms with Gasteiger partial charge in [-0.3, -0.25) is 10.1 Å². The summed E-state index contributed by atoms with van der Waals surface area (Å²) in [7, 11) is 0. The highest BCUT2D eigenvalue weighted by atomic mass is 16.5. The number of anilines is 1. The number of aromatic amines is 1. The molecular formula is C12H10N6O2. The Kier molecular flexibility index (Phi) is 2.96. The first kappa shape index (κ1) is 12.0. The van der Waals surface area contributed by atoms with Gasteiger partial charge in [-0.25, -0.2) is 5.10 Å². The smallest absolute Gasteiger partial charge is 0.258 e. The van der Waals surface area contributed by atoms with E-state index in [2.05, 4.69) is 30.6 Å². The van der Waals surface area contributed by atoms with Crippen LogP contribution in [0.3, 0.4) is 0 Å². The van der Waals surface area contributed by atoms with Crippen molar-refractivity contribution in [3.05, 3.63) is 42.0 Å². The second-order valence-electron chi connectivity index (χ2n) is 4.01. The predicted octanol–water partition coefficient (Wildman–Crippen LogP) is 1.42. The fourth-order valence-corrected chi connectivity index (χ4v) is 1.62. The second kappa shape index (κ2) is 4.92. The van der Waals surface area contributed by atoms with Gasteiger partial charge in [-0.15, -0.1) is 0 Å². The molecule has 2 aromatic heterocycles. The summed E-state index contributed by atoms with van der Waals surface area (Å²) in [6.45, 7) is 1.74. The number of carbonyl (C=O) groups is 1. The van der Waals surface area contributed by atoms with Crippen molar-refractivity contribution >= 4 is 11.9 Å². The Morgan fingerprint density at radius 3 is 2.70 bits per heavy atom. The van der Waals surface area contributed by atoms with Crippen LogP contribution in [0, 0.1) is 6.92 Å². The molecule has 0 fully saturated rings. The lowest BCUT2D eigenvalue weighted by atomic mass is 10.1. The summed E-state index contributed by atoms with van der Waals surface area (Å²) in [5, 5.41) is 12.5. The van der Waals surface area contributed by atoms with Gasteiger partial charge in [0.1, 0.15) is 6.33 Å². The molecule has 0 atom stereocenters. The van der Waals surface area contributed by atoms with Crippen molar-refractivity contribution in [2.75, 3.05) is 5.32 Å². The third kappa shape index (κ3) is 2.39. The Hall–Kier alpha value is -3.03. The largest absolute Gasteiger partial charge is 0.334 e. The van der Waals surface area contributed by atoms with Crippen LogP contribution in [0.2, 0.25) is 0 Å². The van der Waals surface area contributed by atoms with E-state index in [-0.39, 0.29) is 5.91 Å². The van der Waals surface area contributed by atoms with Gasteiger partial charge in [0.15, 0.2) is 5.82 Å². The number of aromatic nitrogens is 5. The second-order valence-corrected chi connectivity index (χ2v) is 4.01. The van der Waals surface area contributed by atoms with Crippen molar-refractivity contribution in [3.8, 4) is 11.5 Å². The van der Waals surface area contributed by atoms with Crippen LogP contribution in [0.25, 0.3) is 11.5 Å². The summed E-state index contributed by atoms with van der Waals surface area (Å²) in [6.07, 6.45) is 1.32. The standard InChI is InChI=1S/C12H10N6O2/c1-7-15-11(20-18-7)9-4-2-8(3-5-9)10(19)16-12-13-6-14-17-12/h2-6H,1H3,(H2,13,14,16,17,19). The molecule has 100 valence electrons. The van der Waals surface area contributed by atoms with Crippen molar-refractivity contribution in [1.29, 1.82) is 0 Å². The SMILES string of the molecule is Cc1noc(-c2ccc(C(=O)Nc3ncn[nH]3)cc2)n1. The molecule has 0 bridgehead atoms. The van der Waals surface area contributed by atoms with Gasteiger partial charge in [0.25, 0.3) is 11.8 Å². The minimum absolute atomic E-state index is 0.282. The van der Waals surface area contributed by atoms with E-state index in [0.717, 1.165) is 5.56 Å². The van der Waals surface area contributed by atoms with E-state index in [1.54, 1.807) is 31.2 Å². The number of benzene rings is 1. The molecule has 3 aromatic rings. The normalized spacial score (nSPS) is 10.4. The predicted molar refractivity (Wildman–Crippen MR) is 68.8 cm³/mol. The molecule has 0 radical (unpaired) electrons. The van der Waals surface area contributed by atoms with Crippen molar-refractivity contribution in [2.24, 2.45) is 0 Å². The first-order chi connectivity index (χ1) is 9.72. The number of hydrogen-bond acceptors (Lipinski definition) is 6. The fourth-order valence-electron chi connectivity index (χ4n) is 1.62. The molecule has 0 saturated carbocycles. The molecule has 8 nitrogen and oxygen atoms in total. The number of nitrogens with zero attached hydrogens (tertiary/aromatic N) is 4.